The predicted molar refractivity (Wildman–Crippen MR) is 116 cm³/mol. The summed E-state index contributed by atoms with van der Waals surface area (Å²) in [7, 11) is 3.13. The fraction of sp³-hybridized carbons (Fsp3) is 0.292. The molecule has 1 fully saturated rings. The highest BCUT2D eigenvalue weighted by Gasteiger charge is 2.22. The van der Waals surface area contributed by atoms with Crippen molar-refractivity contribution in [1.82, 2.24) is 9.97 Å². The Morgan fingerprint density at radius 1 is 1.07 bits per heavy atom. The smallest absolute Gasteiger partial charge is 0.338 e. The number of aromatic nitrogens is 2. The molecule has 3 heterocycles. The molecule has 4 rings (SSSR count). The highest BCUT2D eigenvalue weighted by atomic mass is 16.5. The van der Waals surface area contributed by atoms with Gasteiger partial charge in [0.25, 0.3) is 0 Å². The molecule has 0 bridgehead atoms. The molecule has 6 heteroatoms. The van der Waals surface area contributed by atoms with Gasteiger partial charge in [0, 0.05) is 38.2 Å². The number of nitrogens with zero attached hydrogens (tertiary/aromatic N) is 3. The molecule has 3 aromatic rings. The van der Waals surface area contributed by atoms with Crippen molar-refractivity contribution >= 4 is 11.8 Å². The summed E-state index contributed by atoms with van der Waals surface area (Å²) in [5.74, 6) is 0.401. The van der Waals surface area contributed by atoms with Crippen LogP contribution in [0.2, 0.25) is 0 Å². The van der Waals surface area contributed by atoms with E-state index in [1.165, 1.54) is 7.11 Å². The van der Waals surface area contributed by atoms with Crippen molar-refractivity contribution in [2.45, 2.75) is 18.9 Å². The van der Waals surface area contributed by atoms with Crippen LogP contribution in [-0.2, 0) is 9.47 Å². The Bertz CT molecular complexity index is 1010. The normalized spacial score (nSPS) is 16.3. The lowest BCUT2D eigenvalue weighted by Crippen LogP contribution is -2.39. The molecule has 0 amide bonds. The quantitative estimate of drug-likeness (QED) is 0.595. The van der Waals surface area contributed by atoms with E-state index in [0.717, 1.165) is 54.1 Å². The third kappa shape index (κ3) is 4.33. The largest absolute Gasteiger partial charge is 0.465 e. The lowest BCUT2D eigenvalue weighted by molar-refractivity contribution is 0.0600. The molecule has 1 aliphatic heterocycles. The van der Waals surface area contributed by atoms with Crippen LogP contribution in [0.1, 0.15) is 23.2 Å². The summed E-state index contributed by atoms with van der Waals surface area (Å²) in [6, 6.07) is 15.7. The zero-order valence-electron chi connectivity index (χ0n) is 17.2. The van der Waals surface area contributed by atoms with Gasteiger partial charge >= 0.3 is 5.97 Å². The van der Waals surface area contributed by atoms with Gasteiger partial charge in [-0.1, -0.05) is 30.3 Å². The number of carbonyl (C=O) groups excluding carboxylic acids is 1. The van der Waals surface area contributed by atoms with E-state index < -0.39 is 0 Å². The zero-order valence-corrected chi connectivity index (χ0v) is 17.2. The maximum atomic E-state index is 12.3. The molecule has 2 aromatic heterocycles. The van der Waals surface area contributed by atoms with Gasteiger partial charge in [0.1, 0.15) is 5.82 Å². The molecule has 30 heavy (non-hydrogen) atoms. The number of esters is 1. The molecule has 1 unspecified atom stereocenters. The van der Waals surface area contributed by atoms with Gasteiger partial charge in [0.2, 0.25) is 0 Å². The minimum Gasteiger partial charge on any atom is -0.465 e. The summed E-state index contributed by atoms with van der Waals surface area (Å²) in [4.78, 5) is 23.5. The van der Waals surface area contributed by atoms with E-state index in [0.29, 0.717) is 5.56 Å². The molecular weight excluding hydrogens is 378 g/mol. The second-order valence-electron chi connectivity index (χ2n) is 7.36. The van der Waals surface area contributed by atoms with Crippen LogP contribution in [0, 0.1) is 0 Å². The van der Waals surface area contributed by atoms with Crippen molar-refractivity contribution in [3.8, 4) is 22.4 Å². The minimum absolute atomic E-state index is 0.171. The number of rotatable bonds is 5. The molecular formula is C24H25N3O3. The summed E-state index contributed by atoms with van der Waals surface area (Å²) in [5.41, 5.74) is 4.31. The van der Waals surface area contributed by atoms with Crippen molar-refractivity contribution < 1.29 is 14.3 Å². The predicted octanol–water partition coefficient (Wildman–Crippen LogP) is 4.21. The first-order valence-corrected chi connectivity index (χ1v) is 10.1. The van der Waals surface area contributed by atoms with Crippen LogP contribution in [-0.4, -0.2) is 49.4 Å². The topological polar surface area (TPSA) is 64.5 Å². The Balaban J connectivity index is 1.69. The van der Waals surface area contributed by atoms with Gasteiger partial charge in [0.15, 0.2) is 0 Å². The highest BCUT2D eigenvalue weighted by Crippen LogP contribution is 2.28. The number of pyridine rings is 2. The summed E-state index contributed by atoms with van der Waals surface area (Å²) in [5, 5.41) is 0. The molecule has 1 atom stereocenters. The second kappa shape index (κ2) is 9.05. The van der Waals surface area contributed by atoms with Crippen LogP contribution < -0.4 is 4.90 Å². The molecule has 1 aliphatic rings. The van der Waals surface area contributed by atoms with Crippen molar-refractivity contribution in [3.05, 3.63) is 66.5 Å². The van der Waals surface area contributed by atoms with Crippen LogP contribution in [0.4, 0.5) is 5.82 Å². The fourth-order valence-corrected chi connectivity index (χ4v) is 3.77. The minimum atomic E-state index is -0.368. The van der Waals surface area contributed by atoms with Crippen LogP contribution in [0.3, 0.4) is 0 Å². The van der Waals surface area contributed by atoms with Crippen LogP contribution in [0.25, 0.3) is 22.4 Å². The Labute approximate surface area is 176 Å². The number of benzene rings is 1. The van der Waals surface area contributed by atoms with E-state index in [-0.39, 0.29) is 12.1 Å². The van der Waals surface area contributed by atoms with E-state index >= 15 is 0 Å². The lowest BCUT2D eigenvalue weighted by atomic mass is 10.0. The van der Waals surface area contributed by atoms with Gasteiger partial charge in [0.05, 0.1) is 24.5 Å². The third-order valence-electron chi connectivity index (χ3n) is 5.44. The molecule has 0 N–H and O–H groups in total. The molecule has 6 nitrogen and oxygen atoms in total. The van der Waals surface area contributed by atoms with Crippen LogP contribution >= 0.6 is 0 Å². The molecule has 0 radical (unpaired) electrons. The standard InChI is InChI=1S/C24H25N3O3/c1-29-21-6-4-12-27(16-21)23-14-20(24(28)30-2)13-22(26-23)18-9-7-17(8-10-18)19-5-3-11-25-15-19/h3,5,7-11,13-15,21H,4,6,12,16H2,1-2H3. The first kappa shape index (κ1) is 20.0. The number of hydrogen-bond acceptors (Lipinski definition) is 6. The number of methoxy groups -OCH3 is 2. The van der Waals surface area contributed by atoms with Gasteiger partial charge in [-0.05, 0) is 42.2 Å². The van der Waals surface area contributed by atoms with Gasteiger partial charge in [-0.2, -0.15) is 0 Å². The van der Waals surface area contributed by atoms with E-state index in [4.69, 9.17) is 14.5 Å². The SMILES string of the molecule is COC(=O)c1cc(-c2ccc(-c3cccnc3)cc2)nc(N2CCCC(OC)C2)c1. The Kier molecular flexibility index (Phi) is 6.05. The molecule has 154 valence electrons. The number of anilines is 1. The zero-order chi connectivity index (χ0) is 20.9. The average molecular weight is 403 g/mol. The van der Waals surface area contributed by atoms with E-state index in [2.05, 4.69) is 9.88 Å². The number of ether oxygens (including phenoxy) is 2. The van der Waals surface area contributed by atoms with Crippen molar-refractivity contribution in [2.24, 2.45) is 0 Å². The second-order valence-corrected chi connectivity index (χ2v) is 7.36. The van der Waals surface area contributed by atoms with Crippen molar-refractivity contribution in [3.63, 3.8) is 0 Å². The first-order valence-electron chi connectivity index (χ1n) is 10.1. The van der Waals surface area contributed by atoms with Gasteiger partial charge in [-0.15, -0.1) is 0 Å². The van der Waals surface area contributed by atoms with E-state index in [1.807, 2.05) is 42.6 Å². The number of hydrogen-bond donors (Lipinski definition) is 0. The molecule has 1 aromatic carbocycles. The average Bonchev–Trinajstić information content (AvgIpc) is 2.84. The maximum Gasteiger partial charge on any atom is 0.338 e. The third-order valence-corrected chi connectivity index (χ3v) is 5.44. The Morgan fingerprint density at radius 2 is 1.87 bits per heavy atom. The molecule has 0 aliphatic carbocycles. The van der Waals surface area contributed by atoms with Crippen LogP contribution in [0.5, 0.6) is 0 Å². The van der Waals surface area contributed by atoms with Gasteiger partial charge in [-0.25, -0.2) is 9.78 Å². The van der Waals surface area contributed by atoms with Crippen LogP contribution in [0.15, 0.2) is 60.9 Å². The fourth-order valence-electron chi connectivity index (χ4n) is 3.77. The first-order chi connectivity index (χ1) is 14.7. The summed E-state index contributed by atoms with van der Waals surface area (Å²) in [6.45, 7) is 1.64. The Morgan fingerprint density at radius 3 is 2.57 bits per heavy atom. The lowest BCUT2D eigenvalue weighted by Gasteiger charge is -2.33. The summed E-state index contributed by atoms with van der Waals surface area (Å²) in [6.07, 6.45) is 5.83. The molecule has 0 spiro atoms. The number of piperidine rings is 1. The van der Waals surface area contributed by atoms with Gasteiger partial charge < -0.3 is 14.4 Å². The molecule has 0 saturated carbocycles. The summed E-state index contributed by atoms with van der Waals surface area (Å²) < 4.78 is 10.5. The number of carbonyl (C=O) groups is 1. The monoisotopic (exact) mass is 403 g/mol. The van der Waals surface area contributed by atoms with E-state index in [9.17, 15) is 4.79 Å². The van der Waals surface area contributed by atoms with Crippen molar-refractivity contribution in [2.75, 3.05) is 32.2 Å². The van der Waals surface area contributed by atoms with Gasteiger partial charge in [-0.3, -0.25) is 4.98 Å². The molecule has 1 saturated heterocycles. The summed E-state index contributed by atoms with van der Waals surface area (Å²) >= 11 is 0. The maximum absolute atomic E-state index is 12.3. The van der Waals surface area contributed by atoms with E-state index in [1.54, 1.807) is 25.4 Å². The Hall–Kier alpha value is -3.25. The highest BCUT2D eigenvalue weighted by molar-refractivity contribution is 5.91. The van der Waals surface area contributed by atoms with Crippen molar-refractivity contribution in [1.29, 1.82) is 0 Å².